The number of rotatable bonds is 22. The molecule has 1 unspecified atom stereocenters. The van der Waals surface area contributed by atoms with Crippen molar-refractivity contribution in [3.63, 3.8) is 0 Å². The maximum Gasteiger partial charge on any atom is 0.0975 e. The van der Waals surface area contributed by atoms with E-state index < -0.39 is 25.5 Å². The highest BCUT2D eigenvalue weighted by atomic mass is 32.2. The summed E-state index contributed by atoms with van der Waals surface area (Å²) >= 11 is 0. The van der Waals surface area contributed by atoms with Crippen LogP contribution in [0.15, 0.2) is 0 Å². The van der Waals surface area contributed by atoms with Crippen LogP contribution in [-0.4, -0.2) is 36.9 Å². The van der Waals surface area contributed by atoms with Crippen LogP contribution in [0.5, 0.6) is 0 Å². The minimum absolute atomic E-state index is 0.250. The van der Waals surface area contributed by atoms with Crippen molar-refractivity contribution in [2.24, 2.45) is 0 Å². The summed E-state index contributed by atoms with van der Waals surface area (Å²) in [4.78, 5) is 0. The van der Waals surface area contributed by atoms with Crippen molar-refractivity contribution in [1.82, 2.24) is 0 Å². The van der Waals surface area contributed by atoms with Gasteiger partial charge in [0.05, 0.1) is 20.2 Å². The predicted molar refractivity (Wildman–Crippen MR) is 121 cm³/mol. The second-order valence-corrected chi connectivity index (χ2v) is 11.8. The van der Waals surface area contributed by atoms with Crippen LogP contribution in [-0.2, 0) is 20.2 Å². The standard InChI is InChI=1S/C22H46O6S2/c1-2-3-4-5-13-16-19-22(30(26,27)28)20-17-14-11-9-7-6-8-10-12-15-18-21-29(23,24)25/h22H,2-21H2,1H3,(H,23,24,25)(H,26,27,28)/p-2. The van der Waals surface area contributed by atoms with E-state index in [0.29, 0.717) is 19.3 Å². The van der Waals surface area contributed by atoms with Gasteiger partial charge in [0.25, 0.3) is 0 Å². The molecule has 0 aliphatic heterocycles. The van der Waals surface area contributed by atoms with Gasteiger partial charge in [0, 0.05) is 11.0 Å². The molecule has 6 nitrogen and oxygen atoms in total. The molecule has 0 N–H and O–H groups in total. The second-order valence-electron chi connectivity index (χ2n) is 8.61. The van der Waals surface area contributed by atoms with Crippen LogP contribution in [0, 0.1) is 0 Å². The first kappa shape index (κ1) is 29.8. The Morgan fingerprint density at radius 3 is 1.20 bits per heavy atom. The molecule has 0 fully saturated rings. The molecule has 182 valence electrons. The second kappa shape index (κ2) is 18.4. The van der Waals surface area contributed by atoms with Crippen LogP contribution in [0.25, 0.3) is 0 Å². The minimum Gasteiger partial charge on any atom is -0.748 e. The Morgan fingerprint density at radius 1 is 0.533 bits per heavy atom. The first-order valence-corrected chi connectivity index (χ1v) is 15.1. The summed E-state index contributed by atoms with van der Waals surface area (Å²) in [5.74, 6) is -0.250. The van der Waals surface area contributed by atoms with Gasteiger partial charge in [-0.05, 0) is 19.3 Å². The van der Waals surface area contributed by atoms with Gasteiger partial charge in [-0.2, -0.15) is 0 Å². The van der Waals surface area contributed by atoms with Crippen LogP contribution in [0.4, 0.5) is 0 Å². The van der Waals surface area contributed by atoms with Gasteiger partial charge in [-0.15, -0.1) is 0 Å². The Hall–Kier alpha value is -0.180. The third-order valence-corrected chi connectivity index (χ3v) is 7.78. The molecule has 0 radical (unpaired) electrons. The lowest BCUT2D eigenvalue weighted by molar-refractivity contribution is 0.427. The van der Waals surface area contributed by atoms with Gasteiger partial charge in [0.2, 0.25) is 0 Å². The third-order valence-electron chi connectivity index (χ3n) is 5.71. The minimum atomic E-state index is -4.19. The van der Waals surface area contributed by atoms with Crippen molar-refractivity contribution in [3.8, 4) is 0 Å². The highest BCUT2D eigenvalue weighted by Gasteiger charge is 2.15. The van der Waals surface area contributed by atoms with E-state index in [1.165, 1.54) is 19.3 Å². The van der Waals surface area contributed by atoms with E-state index in [1.807, 2.05) is 0 Å². The first-order valence-electron chi connectivity index (χ1n) is 12.0. The van der Waals surface area contributed by atoms with E-state index in [9.17, 15) is 25.9 Å². The molecule has 0 heterocycles. The van der Waals surface area contributed by atoms with Gasteiger partial charge in [0.15, 0.2) is 0 Å². The van der Waals surface area contributed by atoms with Gasteiger partial charge in [-0.3, -0.25) is 0 Å². The molecule has 0 bridgehead atoms. The van der Waals surface area contributed by atoms with Gasteiger partial charge in [-0.1, -0.05) is 110 Å². The molecule has 30 heavy (non-hydrogen) atoms. The molecular weight excluding hydrogens is 424 g/mol. The summed E-state index contributed by atoms with van der Waals surface area (Å²) < 4.78 is 65.9. The van der Waals surface area contributed by atoms with Gasteiger partial charge in [-0.25, -0.2) is 16.8 Å². The molecule has 0 aromatic rings. The average Bonchev–Trinajstić information content (AvgIpc) is 2.64. The predicted octanol–water partition coefficient (Wildman–Crippen LogP) is 5.88. The molecule has 0 saturated heterocycles. The Bertz CT molecular complexity index is 587. The van der Waals surface area contributed by atoms with Crippen molar-refractivity contribution < 1.29 is 25.9 Å². The number of unbranched alkanes of at least 4 members (excludes halogenated alkanes) is 15. The fourth-order valence-corrected chi connectivity index (χ4v) is 5.30. The molecular formula is C22H44O6S2-2. The zero-order chi connectivity index (χ0) is 22.7. The summed E-state index contributed by atoms with van der Waals surface area (Å²) in [5.41, 5.74) is 0. The Morgan fingerprint density at radius 2 is 0.867 bits per heavy atom. The van der Waals surface area contributed by atoms with Crippen molar-refractivity contribution in [2.75, 3.05) is 5.75 Å². The van der Waals surface area contributed by atoms with Crippen LogP contribution in [0.2, 0.25) is 0 Å². The maximum atomic E-state index is 11.5. The summed E-state index contributed by atoms with van der Waals surface area (Å²) in [6.45, 7) is 2.17. The summed E-state index contributed by atoms with van der Waals surface area (Å²) in [5, 5.41) is -0.708. The Labute approximate surface area is 186 Å². The number of hydrogen-bond donors (Lipinski definition) is 0. The molecule has 0 aromatic carbocycles. The molecule has 0 aliphatic carbocycles. The Kier molecular flexibility index (Phi) is 18.3. The van der Waals surface area contributed by atoms with Crippen LogP contribution in [0.3, 0.4) is 0 Å². The largest absolute Gasteiger partial charge is 0.748 e. The van der Waals surface area contributed by atoms with Crippen molar-refractivity contribution in [2.45, 2.75) is 134 Å². The topological polar surface area (TPSA) is 114 Å². The molecule has 1 atom stereocenters. The molecule has 0 aliphatic rings. The monoisotopic (exact) mass is 468 g/mol. The summed E-state index contributed by atoms with van der Waals surface area (Å²) in [7, 11) is -8.25. The normalized spacial score (nSPS) is 13.6. The lowest BCUT2D eigenvalue weighted by Crippen LogP contribution is -2.20. The highest BCUT2D eigenvalue weighted by molar-refractivity contribution is 7.86. The number of hydrogen-bond acceptors (Lipinski definition) is 6. The van der Waals surface area contributed by atoms with Crippen LogP contribution in [0.1, 0.15) is 129 Å². The lowest BCUT2D eigenvalue weighted by atomic mass is 10.0. The van der Waals surface area contributed by atoms with Gasteiger partial charge >= 0.3 is 0 Å². The van der Waals surface area contributed by atoms with E-state index in [4.69, 9.17) is 0 Å². The van der Waals surface area contributed by atoms with E-state index in [2.05, 4.69) is 6.92 Å². The van der Waals surface area contributed by atoms with Crippen LogP contribution >= 0.6 is 0 Å². The van der Waals surface area contributed by atoms with E-state index in [0.717, 1.165) is 83.5 Å². The smallest absolute Gasteiger partial charge is 0.0975 e. The average molecular weight is 469 g/mol. The fraction of sp³-hybridized carbons (Fsp3) is 1.00. The summed E-state index contributed by atoms with van der Waals surface area (Å²) in [6.07, 6.45) is 18.3. The van der Waals surface area contributed by atoms with Gasteiger partial charge < -0.3 is 9.11 Å². The summed E-state index contributed by atoms with van der Waals surface area (Å²) in [6, 6.07) is 0. The molecule has 0 spiro atoms. The van der Waals surface area contributed by atoms with Gasteiger partial charge in [0.1, 0.15) is 0 Å². The van der Waals surface area contributed by atoms with Crippen molar-refractivity contribution in [1.29, 1.82) is 0 Å². The zero-order valence-corrected chi connectivity index (χ0v) is 20.6. The van der Waals surface area contributed by atoms with Crippen molar-refractivity contribution >= 4 is 20.2 Å². The first-order chi connectivity index (χ1) is 14.2. The molecule has 8 heteroatoms. The van der Waals surface area contributed by atoms with E-state index in [1.54, 1.807) is 0 Å². The zero-order valence-electron chi connectivity index (χ0n) is 19.0. The maximum absolute atomic E-state index is 11.5. The molecule has 0 aromatic heterocycles. The van der Waals surface area contributed by atoms with E-state index in [-0.39, 0.29) is 5.75 Å². The SMILES string of the molecule is CCCCCCCCC(CCCCCCCCCCCCCS(=O)(=O)[O-])S(=O)(=O)[O-]. The molecule has 0 amide bonds. The van der Waals surface area contributed by atoms with E-state index >= 15 is 0 Å². The van der Waals surface area contributed by atoms with Crippen LogP contribution < -0.4 is 0 Å². The fourth-order valence-electron chi connectivity index (χ4n) is 3.83. The highest BCUT2D eigenvalue weighted by Crippen LogP contribution is 2.19. The molecule has 0 saturated carbocycles. The molecule has 0 rings (SSSR count). The quantitative estimate of drug-likeness (QED) is 0.145. The Balaban J connectivity index is 3.59. The third kappa shape index (κ3) is 21.1. The lowest BCUT2D eigenvalue weighted by Gasteiger charge is -2.20. The van der Waals surface area contributed by atoms with Crippen molar-refractivity contribution in [3.05, 3.63) is 0 Å².